The highest BCUT2D eigenvalue weighted by atomic mass is 16.5. The van der Waals surface area contributed by atoms with Crippen LogP contribution in [0.5, 0.6) is 5.75 Å². The smallest absolute Gasteiger partial charge is 0.224 e. The van der Waals surface area contributed by atoms with Crippen LogP contribution in [0, 0.1) is 5.92 Å². The van der Waals surface area contributed by atoms with Crippen LogP contribution in [-0.2, 0) is 17.9 Å². The first-order valence-electron chi connectivity index (χ1n) is 9.88. The molecule has 0 fully saturated rings. The molecule has 0 aromatic heterocycles. The van der Waals surface area contributed by atoms with Crippen LogP contribution in [0.15, 0.2) is 97.6 Å². The van der Waals surface area contributed by atoms with Crippen molar-refractivity contribution in [2.24, 2.45) is 5.92 Å². The fraction of sp³-hybridized carbons (Fsp3) is 0.192. The zero-order valence-electron chi connectivity index (χ0n) is 16.8. The molecule has 148 valence electrons. The molecule has 0 heterocycles. The quantitative estimate of drug-likeness (QED) is 0.495. The SMILES string of the molecule is C=CC(c1cccc(OCc2ccccc2)c1)C(C)C(=O)NCc1ccccc1. The van der Waals surface area contributed by atoms with Gasteiger partial charge in [-0.15, -0.1) is 6.58 Å². The van der Waals surface area contributed by atoms with Crippen molar-refractivity contribution in [3.63, 3.8) is 0 Å². The maximum Gasteiger partial charge on any atom is 0.224 e. The summed E-state index contributed by atoms with van der Waals surface area (Å²) in [7, 11) is 0. The van der Waals surface area contributed by atoms with Crippen LogP contribution in [0.4, 0.5) is 0 Å². The molecule has 0 aliphatic carbocycles. The molecule has 2 unspecified atom stereocenters. The molecular formula is C26H27NO2. The van der Waals surface area contributed by atoms with Crippen LogP contribution in [0.1, 0.15) is 29.5 Å². The van der Waals surface area contributed by atoms with E-state index in [2.05, 4.69) is 11.9 Å². The van der Waals surface area contributed by atoms with Crippen LogP contribution in [-0.4, -0.2) is 5.91 Å². The van der Waals surface area contributed by atoms with Gasteiger partial charge in [0.2, 0.25) is 5.91 Å². The number of hydrogen-bond donors (Lipinski definition) is 1. The van der Waals surface area contributed by atoms with Gasteiger partial charge >= 0.3 is 0 Å². The van der Waals surface area contributed by atoms with Crippen molar-refractivity contribution >= 4 is 5.91 Å². The fourth-order valence-electron chi connectivity index (χ4n) is 3.29. The number of hydrogen-bond acceptors (Lipinski definition) is 2. The average molecular weight is 386 g/mol. The number of nitrogens with one attached hydrogen (secondary N) is 1. The molecular weight excluding hydrogens is 358 g/mol. The minimum atomic E-state index is -0.236. The van der Waals surface area contributed by atoms with Gasteiger partial charge in [-0.25, -0.2) is 0 Å². The molecule has 0 spiro atoms. The molecule has 0 saturated carbocycles. The molecule has 0 bridgehead atoms. The van der Waals surface area contributed by atoms with Crippen molar-refractivity contribution in [1.29, 1.82) is 0 Å². The van der Waals surface area contributed by atoms with E-state index in [1.54, 1.807) is 0 Å². The Morgan fingerprint density at radius 2 is 1.62 bits per heavy atom. The molecule has 3 nitrogen and oxygen atoms in total. The highest BCUT2D eigenvalue weighted by Gasteiger charge is 2.23. The summed E-state index contributed by atoms with van der Waals surface area (Å²) >= 11 is 0. The van der Waals surface area contributed by atoms with Crippen molar-refractivity contribution in [1.82, 2.24) is 5.32 Å². The Morgan fingerprint density at radius 1 is 0.966 bits per heavy atom. The lowest BCUT2D eigenvalue weighted by molar-refractivity contribution is -0.125. The van der Waals surface area contributed by atoms with Gasteiger partial charge in [0.15, 0.2) is 0 Å². The van der Waals surface area contributed by atoms with Gasteiger partial charge in [-0.2, -0.15) is 0 Å². The summed E-state index contributed by atoms with van der Waals surface area (Å²) in [6, 6.07) is 27.9. The van der Waals surface area contributed by atoms with Gasteiger partial charge in [0.05, 0.1) is 0 Å². The lowest BCUT2D eigenvalue weighted by Crippen LogP contribution is -2.31. The van der Waals surface area contributed by atoms with Crippen LogP contribution >= 0.6 is 0 Å². The Bertz CT molecular complexity index is 922. The molecule has 1 N–H and O–H groups in total. The third-order valence-corrected chi connectivity index (χ3v) is 5.01. The van der Waals surface area contributed by atoms with Crippen LogP contribution < -0.4 is 10.1 Å². The Kier molecular flexibility index (Phi) is 7.23. The van der Waals surface area contributed by atoms with Crippen LogP contribution in [0.25, 0.3) is 0 Å². The molecule has 0 aliphatic heterocycles. The van der Waals surface area contributed by atoms with E-state index >= 15 is 0 Å². The van der Waals surface area contributed by atoms with E-state index in [1.807, 2.05) is 97.9 Å². The summed E-state index contributed by atoms with van der Waals surface area (Å²) in [5.41, 5.74) is 3.22. The number of carbonyl (C=O) groups is 1. The molecule has 0 saturated heterocycles. The first kappa shape index (κ1) is 20.4. The Morgan fingerprint density at radius 3 is 2.28 bits per heavy atom. The van der Waals surface area contributed by atoms with E-state index in [4.69, 9.17) is 4.74 Å². The van der Waals surface area contributed by atoms with Crippen molar-refractivity contribution < 1.29 is 9.53 Å². The van der Waals surface area contributed by atoms with E-state index in [0.29, 0.717) is 13.2 Å². The Labute approximate surface area is 173 Å². The molecule has 3 heteroatoms. The van der Waals surface area contributed by atoms with Gasteiger partial charge in [-0.1, -0.05) is 85.8 Å². The molecule has 3 rings (SSSR count). The number of carbonyl (C=O) groups excluding carboxylic acids is 1. The minimum Gasteiger partial charge on any atom is -0.489 e. The molecule has 3 aromatic rings. The molecule has 1 amide bonds. The predicted molar refractivity (Wildman–Crippen MR) is 118 cm³/mol. The zero-order valence-corrected chi connectivity index (χ0v) is 16.8. The standard InChI is InChI=1S/C26H27NO2/c1-3-25(20(2)26(28)27-18-21-11-6-4-7-12-21)23-15-10-16-24(17-23)29-19-22-13-8-5-9-14-22/h3-17,20,25H,1,18-19H2,2H3,(H,27,28). The highest BCUT2D eigenvalue weighted by molar-refractivity contribution is 5.79. The number of allylic oxidation sites excluding steroid dienone is 1. The molecule has 29 heavy (non-hydrogen) atoms. The largest absolute Gasteiger partial charge is 0.489 e. The fourth-order valence-corrected chi connectivity index (χ4v) is 3.29. The maximum atomic E-state index is 12.7. The minimum absolute atomic E-state index is 0.00867. The summed E-state index contributed by atoms with van der Waals surface area (Å²) in [6.45, 7) is 6.93. The summed E-state index contributed by atoms with van der Waals surface area (Å²) in [4.78, 5) is 12.7. The number of ether oxygens (including phenoxy) is 1. The monoisotopic (exact) mass is 385 g/mol. The van der Waals surface area contributed by atoms with E-state index < -0.39 is 0 Å². The van der Waals surface area contributed by atoms with Gasteiger partial charge in [0, 0.05) is 18.4 Å². The normalized spacial score (nSPS) is 12.6. The summed E-state index contributed by atoms with van der Waals surface area (Å²) in [5, 5.41) is 3.03. The second-order valence-corrected chi connectivity index (χ2v) is 7.10. The lowest BCUT2D eigenvalue weighted by atomic mass is 9.86. The maximum absolute atomic E-state index is 12.7. The number of amides is 1. The second-order valence-electron chi connectivity index (χ2n) is 7.10. The zero-order chi connectivity index (χ0) is 20.5. The van der Waals surface area contributed by atoms with Gasteiger partial charge < -0.3 is 10.1 Å². The van der Waals surface area contributed by atoms with Gasteiger partial charge in [0.1, 0.15) is 12.4 Å². The van der Waals surface area contributed by atoms with Gasteiger partial charge in [-0.05, 0) is 28.8 Å². The van der Waals surface area contributed by atoms with Gasteiger partial charge in [0.25, 0.3) is 0 Å². The van der Waals surface area contributed by atoms with E-state index in [-0.39, 0.29) is 17.7 Å². The van der Waals surface area contributed by atoms with E-state index in [1.165, 1.54) is 0 Å². The van der Waals surface area contributed by atoms with E-state index in [0.717, 1.165) is 22.4 Å². The topological polar surface area (TPSA) is 38.3 Å². The van der Waals surface area contributed by atoms with Crippen LogP contribution in [0.2, 0.25) is 0 Å². The summed E-state index contributed by atoms with van der Waals surface area (Å²) < 4.78 is 5.94. The lowest BCUT2D eigenvalue weighted by Gasteiger charge is -2.21. The number of benzene rings is 3. The number of rotatable bonds is 9. The highest BCUT2D eigenvalue weighted by Crippen LogP contribution is 2.29. The first-order chi connectivity index (χ1) is 14.2. The van der Waals surface area contributed by atoms with Gasteiger partial charge in [-0.3, -0.25) is 4.79 Å². The molecule has 0 aliphatic rings. The first-order valence-corrected chi connectivity index (χ1v) is 9.88. The molecule has 0 radical (unpaired) electrons. The Balaban J connectivity index is 1.63. The third-order valence-electron chi connectivity index (χ3n) is 5.01. The van der Waals surface area contributed by atoms with Crippen molar-refractivity contribution in [3.05, 3.63) is 114 Å². The molecule has 3 aromatic carbocycles. The second kappa shape index (κ2) is 10.3. The summed E-state index contributed by atoms with van der Waals surface area (Å²) in [5.74, 6) is 0.469. The van der Waals surface area contributed by atoms with Crippen LogP contribution in [0.3, 0.4) is 0 Å². The van der Waals surface area contributed by atoms with Crippen molar-refractivity contribution in [2.75, 3.05) is 0 Å². The average Bonchev–Trinajstić information content (AvgIpc) is 2.78. The third kappa shape index (κ3) is 5.82. The van der Waals surface area contributed by atoms with Crippen molar-refractivity contribution in [3.8, 4) is 5.75 Å². The Hall–Kier alpha value is -3.33. The van der Waals surface area contributed by atoms with E-state index in [9.17, 15) is 4.79 Å². The summed E-state index contributed by atoms with van der Waals surface area (Å²) in [6.07, 6.45) is 1.84. The predicted octanol–water partition coefficient (Wildman–Crippen LogP) is 5.49. The van der Waals surface area contributed by atoms with Crippen molar-refractivity contribution in [2.45, 2.75) is 26.0 Å². The molecule has 2 atom stereocenters.